The van der Waals surface area contributed by atoms with Crippen molar-refractivity contribution in [3.63, 3.8) is 0 Å². The second-order valence-corrected chi connectivity index (χ2v) is 14.2. The fraction of sp³-hybridized carbons (Fsp3) is 0.600. The predicted octanol–water partition coefficient (Wildman–Crippen LogP) is 6.50. The molecule has 2 heterocycles. The van der Waals surface area contributed by atoms with Crippen LogP contribution in [0.25, 0.3) is 0 Å². The molecule has 4 rings (SSSR count). The number of anilines is 2. The topological polar surface area (TPSA) is 111 Å². The van der Waals surface area contributed by atoms with Crippen molar-refractivity contribution in [2.45, 2.75) is 79.1 Å². The number of carbonyl (C=O) groups is 4. The van der Waals surface area contributed by atoms with Crippen molar-refractivity contribution in [3.8, 4) is 0 Å². The van der Waals surface area contributed by atoms with Gasteiger partial charge in [-0.3, -0.25) is 9.59 Å². The fourth-order valence-electron chi connectivity index (χ4n) is 5.33. The highest BCUT2D eigenvalue weighted by Crippen LogP contribution is 2.41. The number of esters is 2. The summed E-state index contributed by atoms with van der Waals surface area (Å²) < 4.78 is 10.6. The summed E-state index contributed by atoms with van der Waals surface area (Å²) in [6.07, 6.45) is 6.06. The molecule has 0 aliphatic heterocycles. The van der Waals surface area contributed by atoms with Gasteiger partial charge in [0, 0.05) is 34.1 Å². The lowest BCUT2D eigenvalue weighted by molar-refractivity contribution is -0.116. The van der Waals surface area contributed by atoms with Crippen LogP contribution in [0.15, 0.2) is 0 Å². The van der Waals surface area contributed by atoms with Crippen LogP contribution in [0.3, 0.4) is 0 Å². The number of ether oxygens (including phenoxy) is 2. The van der Waals surface area contributed by atoms with E-state index in [4.69, 9.17) is 9.47 Å². The van der Waals surface area contributed by atoms with Crippen LogP contribution in [0.5, 0.6) is 0 Å². The SMILES string of the molecule is CCOC(=O)c1c(NC(=O)CCSCCC(=O)Nc2sc3c(c2C(=O)OCC)CCC(C)C3)sc2c1CCC(C)C2. The zero-order valence-electron chi connectivity index (χ0n) is 24.3. The van der Waals surface area contributed by atoms with Crippen LogP contribution in [-0.2, 0) is 44.7 Å². The monoisotopic (exact) mass is 620 g/mol. The molecule has 2 aliphatic rings. The van der Waals surface area contributed by atoms with Crippen molar-refractivity contribution >= 4 is 68.2 Å². The van der Waals surface area contributed by atoms with Gasteiger partial charge in [0.15, 0.2) is 0 Å². The van der Waals surface area contributed by atoms with Gasteiger partial charge in [0.25, 0.3) is 0 Å². The van der Waals surface area contributed by atoms with Crippen molar-refractivity contribution in [1.29, 1.82) is 0 Å². The molecule has 0 bridgehead atoms. The molecule has 0 spiro atoms. The molecule has 2 aromatic rings. The maximum atomic E-state index is 12.7. The molecule has 2 unspecified atom stereocenters. The van der Waals surface area contributed by atoms with Crippen LogP contribution in [0.4, 0.5) is 10.0 Å². The highest BCUT2D eigenvalue weighted by atomic mass is 32.2. The first-order valence-corrected chi connectivity index (χ1v) is 17.3. The Morgan fingerprint density at radius 1 is 0.756 bits per heavy atom. The minimum Gasteiger partial charge on any atom is -0.462 e. The Bertz CT molecular complexity index is 1190. The molecule has 2 aliphatic carbocycles. The summed E-state index contributed by atoms with van der Waals surface area (Å²) in [5.74, 6) is 1.15. The Labute approximate surface area is 254 Å². The number of hydrogen-bond donors (Lipinski definition) is 2. The van der Waals surface area contributed by atoms with E-state index in [1.165, 1.54) is 34.4 Å². The smallest absolute Gasteiger partial charge is 0.341 e. The largest absolute Gasteiger partial charge is 0.462 e. The minimum atomic E-state index is -0.373. The van der Waals surface area contributed by atoms with E-state index < -0.39 is 0 Å². The molecule has 2 atom stereocenters. The van der Waals surface area contributed by atoms with E-state index in [9.17, 15) is 19.2 Å². The number of amides is 2. The first kappa shape index (κ1) is 31.6. The third-order valence-electron chi connectivity index (χ3n) is 7.44. The number of carbonyl (C=O) groups excluding carboxylic acids is 4. The Hall–Kier alpha value is -2.37. The predicted molar refractivity (Wildman–Crippen MR) is 167 cm³/mol. The first-order chi connectivity index (χ1) is 19.7. The Morgan fingerprint density at radius 2 is 1.17 bits per heavy atom. The molecule has 2 amide bonds. The molecular formula is C30H40N2O6S3. The van der Waals surface area contributed by atoms with Gasteiger partial charge in [-0.15, -0.1) is 22.7 Å². The van der Waals surface area contributed by atoms with Crippen LogP contribution in [0, 0.1) is 11.8 Å². The molecule has 2 N–H and O–H groups in total. The normalized spacial score (nSPS) is 17.8. The number of thioether (sulfide) groups is 1. The van der Waals surface area contributed by atoms with Crippen LogP contribution in [0.2, 0.25) is 0 Å². The zero-order chi connectivity index (χ0) is 29.5. The Morgan fingerprint density at radius 3 is 1.56 bits per heavy atom. The molecule has 8 nitrogen and oxygen atoms in total. The average molecular weight is 621 g/mol. The highest BCUT2D eigenvalue weighted by molar-refractivity contribution is 7.99. The van der Waals surface area contributed by atoms with Crippen molar-refractivity contribution in [3.05, 3.63) is 32.0 Å². The number of nitrogens with one attached hydrogen (secondary N) is 2. The highest BCUT2D eigenvalue weighted by Gasteiger charge is 2.30. The summed E-state index contributed by atoms with van der Waals surface area (Å²) in [6.45, 7) is 8.54. The van der Waals surface area contributed by atoms with Gasteiger partial charge in [-0.05, 0) is 75.3 Å². The standard InChI is InChI=1S/C30H40N2O6S3/c1-5-37-29(35)25-19-9-7-17(3)15-21(19)40-27(25)31-23(33)11-13-39-14-12-24(34)32-28-26(30(36)38-6-2)20-10-8-18(4)16-22(20)41-28/h17-18H,5-16H2,1-4H3,(H,31,33)(H,32,34). The summed E-state index contributed by atoms with van der Waals surface area (Å²) >= 11 is 4.50. The van der Waals surface area contributed by atoms with Gasteiger partial charge in [-0.1, -0.05) is 13.8 Å². The van der Waals surface area contributed by atoms with E-state index in [0.29, 0.717) is 44.5 Å². The van der Waals surface area contributed by atoms with Gasteiger partial charge in [0.05, 0.1) is 24.3 Å². The minimum absolute atomic E-state index is 0.156. The van der Waals surface area contributed by atoms with Gasteiger partial charge in [0.1, 0.15) is 10.0 Å². The molecular weight excluding hydrogens is 581 g/mol. The van der Waals surface area contributed by atoms with Gasteiger partial charge in [-0.25, -0.2) is 9.59 Å². The molecule has 0 radical (unpaired) electrons. The van der Waals surface area contributed by atoms with Gasteiger partial charge < -0.3 is 20.1 Å². The molecule has 0 saturated carbocycles. The van der Waals surface area contributed by atoms with E-state index in [0.717, 1.165) is 59.4 Å². The molecule has 0 saturated heterocycles. The van der Waals surface area contributed by atoms with Crippen LogP contribution in [-0.4, -0.2) is 48.5 Å². The van der Waals surface area contributed by atoms with E-state index >= 15 is 0 Å². The van der Waals surface area contributed by atoms with E-state index in [2.05, 4.69) is 24.5 Å². The van der Waals surface area contributed by atoms with E-state index in [-0.39, 0.29) is 49.8 Å². The Kier molecular flexibility index (Phi) is 11.3. The second kappa shape index (κ2) is 14.7. The van der Waals surface area contributed by atoms with E-state index in [1.54, 1.807) is 13.8 Å². The fourth-order valence-corrected chi connectivity index (χ4v) is 9.02. The quantitative estimate of drug-likeness (QED) is 0.206. The molecule has 0 aromatic carbocycles. The number of fused-ring (bicyclic) bond motifs is 2. The van der Waals surface area contributed by atoms with E-state index in [1.807, 2.05) is 0 Å². The third kappa shape index (κ3) is 7.93. The van der Waals surface area contributed by atoms with Crippen molar-refractivity contribution in [1.82, 2.24) is 0 Å². The van der Waals surface area contributed by atoms with Gasteiger partial charge in [0.2, 0.25) is 11.8 Å². The summed E-state index contributed by atoms with van der Waals surface area (Å²) in [7, 11) is 0. The number of rotatable bonds is 12. The van der Waals surface area contributed by atoms with Crippen molar-refractivity contribution in [2.75, 3.05) is 35.4 Å². The van der Waals surface area contributed by atoms with Crippen LogP contribution >= 0.6 is 34.4 Å². The third-order valence-corrected chi connectivity index (χ3v) is 10.8. The van der Waals surface area contributed by atoms with Gasteiger partial charge >= 0.3 is 11.9 Å². The van der Waals surface area contributed by atoms with Crippen LogP contribution < -0.4 is 10.6 Å². The molecule has 224 valence electrons. The molecule has 11 heteroatoms. The summed E-state index contributed by atoms with van der Waals surface area (Å²) in [5.41, 5.74) is 3.08. The lowest BCUT2D eigenvalue weighted by atomic mass is 9.88. The number of hydrogen-bond acceptors (Lipinski definition) is 9. The summed E-state index contributed by atoms with van der Waals surface area (Å²) in [5, 5.41) is 7.07. The average Bonchev–Trinajstić information content (AvgIpc) is 3.44. The lowest BCUT2D eigenvalue weighted by Crippen LogP contribution is -2.17. The summed E-state index contributed by atoms with van der Waals surface area (Å²) in [4.78, 5) is 53.2. The van der Waals surface area contributed by atoms with Crippen molar-refractivity contribution < 1.29 is 28.7 Å². The lowest BCUT2D eigenvalue weighted by Gasteiger charge is -2.18. The maximum Gasteiger partial charge on any atom is 0.341 e. The Balaban J connectivity index is 1.27. The first-order valence-electron chi connectivity index (χ1n) is 14.5. The van der Waals surface area contributed by atoms with Crippen LogP contribution in [0.1, 0.15) is 95.0 Å². The molecule has 41 heavy (non-hydrogen) atoms. The van der Waals surface area contributed by atoms with Gasteiger partial charge in [-0.2, -0.15) is 11.8 Å². The number of thiophene rings is 2. The molecule has 2 aromatic heterocycles. The molecule has 0 fully saturated rings. The summed E-state index contributed by atoms with van der Waals surface area (Å²) in [6, 6.07) is 0. The second-order valence-electron chi connectivity index (χ2n) is 10.8. The van der Waals surface area contributed by atoms with Crippen molar-refractivity contribution in [2.24, 2.45) is 11.8 Å². The maximum absolute atomic E-state index is 12.7. The zero-order valence-corrected chi connectivity index (χ0v) is 26.8.